The Labute approximate surface area is 111 Å². The Morgan fingerprint density at radius 3 is 2.63 bits per heavy atom. The summed E-state index contributed by atoms with van der Waals surface area (Å²) in [5.74, 6) is 0. The maximum Gasteiger partial charge on any atom is 0.137 e. The van der Waals surface area contributed by atoms with E-state index in [1.807, 2.05) is 55.5 Å². The molecule has 3 rings (SSSR count). The Kier molecular flexibility index (Phi) is 2.77. The Morgan fingerprint density at radius 2 is 1.89 bits per heavy atom. The molecule has 0 saturated heterocycles. The van der Waals surface area contributed by atoms with Crippen LogP contribution in [0.25, 0.3) is 16.9 Å². The minimum atomic E-state index is 0.357. The molecule has 0 N–H and O–H groups in total. The normalized spacial score (nSPS) is 10.5. The van der Waals surface area contributed by atoms with Gasteiger partial charge in [-0.1, -0.05) is 36.4 Å². The molecule has 0 aliphatic rings. The second-order valence-electron chi connectivity index (χ2n) is 4.47. The van der Waals surface area contributed by atoms with E-state index in [0.29, 0.717) is 6.42 Å². The topological polar surface area (TPSA) is 41.1 Å². The third kappa shape index (κ3) is 1.88. The third-order valence-corrected chi connectivity index (χ3v) is 3.23. The molecule has 92 valence electrons. The molecule has 0 spiro atoms. The van der Waals surface area contributed by atoms with Crippen LogP contribution in [0.1, 0.15) is 11.4 Å². The minimum absolute atomic E-state index is 0.357. The van der Waals surface area contributed by atoms with Gasteiger partial charge in [0.15, 0.2) is 0 Å². The minimum Gasteiger partial charge on any atom is -0.300 e. The van der Waals surface area contributed by atoms with Gasteiger partial charge in [-0.3, -0.25) is 4.40 Å². The molecule has 19 heavy (non-hydrogen) atoms. The Hall–Kier alpha value is -2.60. The highest BCUT2D eigenvalue weighted by molar-refractivity contribution is 5.67. The molecule has 0 fully saturated rings. The summed E-state index contributed by atoms with van der Waals surface area (Å²) < 4.78 is 2.06. The Bertz CT molecular complexity index is 764. The quantitative estimate of drug-likeness (QED) is 0.696. The zero-order valence-corrected chi connectivity index (χ0v) is 10.7. The van der Waals surface area contributed by atoms with E-state index in [4.69, 9.17) is 5.26 Å². The number of nitriles is 1. The van der Waals surface area contributed by atoms with Crippen LogP contribution in [-0.2, 0) is 6.42 Å². The van der Waals surface area contributed by atoms with E-state index in [-0.39, 0.29) is 0 Å². The summed E-state index contributed by atoms with van der Waals surface area (Å²) in [6.07, 6.45) is 0.357. The van der Waals surface area contributed by atoms with Crippen LogP contribution in [0.4, 0.5) is 0 Å². The lowest BCUT2D eigenvalue weighted by Crippen LogP contribution is -1.97. The molecule has 0 aliphatic heterocycles. The van der Waals surface area contributed by atoms with E-state index in [9.17, 15) is 0 Å². The number of hydrogen-bond acceptors (Lipinski definition) is 2. The number of aromatic nitrogens is 2. The maximum atomic E-state index is 9.07. The number of benzene rings is 1. The molecule has 0 saturated carbocycles. The van der Waals surface area contributed by atoms with Gasteiger partial charge in [-0.15, -0.1) is 0 Å². The predicted molar refractivity (Wildman–Crippen MR) is 74.7 cm³/mol. The molecule has 3 nitrogen and oxygen atoms in total. The van der Waals surface area contributed by atoms with Crippen molar-refractivity contribution in [1.82, 2.24) is 9.38 Å². The highest BCUT2D eigenvalue weighted by atomic mass is 15.0. The first-order valence-electron chi connectivity index (χ1n) is 6.20. The van der Waals surface area contributed by atoms with Crippen LogP contribution < -0.4 is 0 Å². The highest BCUT2D eigenvalue weighted by Gasteiger charge is 2.14. The standard InChI is InChI=1S/C16H13N3/c1-12-6-5-9-15-18-16(13-7-3-2-4-8-13)14(10-11-17)19(12)15/h2-9H,10H2,1H3. The second-order valence-corrected chi connectivity index (χ2v) is 4.47. The van der Waals surface area contributed by atoms with Crippen LogP contribution in [0.15, 0.2) is 48.5 Å². The predicted octanol–water partition coefficient (Wildman–Crippen LogP) is 3.38. The maximum absolute atomic E-state index is 9.07. The number of nitrogens with zero attached hydrogens (tertiary/aromatic N) is 3. The number of rotatable bonds is 2. The number of aryl methyl sites for hydroxylation is 1. The lowest BCUT2D eigenvalue weighted by Gasteiger charge is -2.04. The molecule has 0 atom stereocenters. The van der Waals surface area contributed by atoms with Gasteiger partial charge >= 0.3 is 0 Å². The van der Waals surface area contributed by atoms with Crippen LogP contribution in [0.2, 0.25) is 0 Å². The zero-order valence-electron chi connectivity index (χ0n) is 10.7. The van der Waals surface area contributed by atoms with Gasteiger partial charge in [0.05, 0.1) is 23.9 Å². The summed E-state index contributed by atoms with van der Waals surface area (Å²) in [7, 11) is 0. The lowest BCUT2D eigenvalue weighted by molar-refractivity contribution is 1.00. The molecule has 3 heteroatoms. The first kappa shape index (κ1) is 11.5. The fraction of sp³-hybridized carbons (Fsp3) is 0.125. The molecular weight excluding hydrogens is 234 g/mol. The van der Waals surface area contributed by atoms with Gasteiger partial charge in [-0.05, 0) is 19.1 Å². The van der Waals surface area contributed by atoms with Gasteiger partial charge < -0.3 is 0 Å². The Morgan fingerprint density at radius 1 is 1.11 bits per heavy atom. The largest absolute Gasteiger partial charge is 0.300 e. The monoisotopic (exact) mass is 247 g/mol. The average Bonchev–Trinajstić information content (AvgIpc) is 2.81. The SMILES string of the molecule is Cc1cccc2nc(-c3ccccc3)c(CC#N)n12. The van der Waals surface area contributed by atoms with Crippen molar-refractivity contribution in [2.75, 3.05) is 0 Å². The van der Waals surface area contributed by atoms with E-state index in [0.717, 1.165) is 28.3 Å². The van der Waals surface area contributed by atoms with Crippen molar-refractivity contribution < 1.29 is 0 Å². The van der Waals surface area contributed by atoms with E-state index in [1.54, 1.807) is 0 Å². The molecule has 3 aromatic rings. The summed E-state index contributed by atoms with van der Waals surface area (Å²) in [6.45, 7) is 2.03. The summed E-state index contributed by atoms with van der Waals surface area (Å²) >= 11 is 0. The molecule has 1 aromatic carbocycles. The van der Waals surface area contributed by atoms with E-state index >= 15 is 0 Å². The summed E-state index contributed by atoms with van der Waals surface area (Å²) in [5, 5.41) is 9.07. The van der Waals surface area contributed by atoms with Gasteiger partial charge in [0.1, 0.15) is 5.65 Å². The molecule has 0 aliphatic carbocycles. The van der Waals surface area contributed by atoms with Crippen LogP contribution in [-0.4, -0.2) is 9.38 Å². The van der Waals surface area contributed by atoms with Gasteiger partial charge in [-0.2, -0.15) is 5.26 Å². The van der Waals surface area contributed by atoms with Crippen molar-refractivity contribution in [3.8, 4) is 17.3 Å². The molecule has 0 amide bonds. The fourth-order valence-corrected chi connectivity index (χ4v) is 2.39. The number of fused-ring (bicyclic) bond motifs is 1. The van der Waals surface area contributed by atoms with Crippen LogP contribution in [0.5, 0.6) is 0 Å². The van der Waals surface area contributed by atoms with Gasteiger partial charge in [-0.25, -0.2) is 4.98 Å². The van der Waals surface area contributed by atoms with Gasteiger partial charge in [0, 0.05) is 11.3 Å². The summed E-state index contributed by atoms with van der Waals surface area (Å²) in [4.78, 5) is 4.67. The highest BCUT2D eigenvalue weighted by Crippen LogP contribution is 2.25. The molecule has 0 bridgehead atoms. The van der Waals surface area contributed by atoms with Crippen LogP contribution in [0, 0.1) is 18.3 Å². The molecular formula is C16H13N3. The number of hydrogen-bond donors (Lipinski definition) is 0. The van der Waals surface area contributed by atoms with Crippen LogP contribution in [0.3, 0.4) is 0 Å². The second kappa shape index (κ2) is 4.58. The fourth-order valence-electron chi connectivity index (χ4n) is 2.39. The van der Waals surface area contributed by atoms with Gasteiger partial charge in [0.2, 0.25) is 0 Å². The summed E-state index contributed by atoms with van der Waals surface area (Å²) in [6, 6.07) is 18.2. The molecule has 2 aromatic heterocycles. The van der Waals surface area contributed by atoms with Crippen molar-refractivity contribution >= 4 is 5.65 Å². The van der Waals surface area contributed by atoms with Crippen LogP contribution >= 0.6 is 0 Å². The van der Waals surface area contributed by atoms with Crippen molar-refractivity contribution in [3.63, 3.8) is 0 Å². The summed E-state index contributed by atoms with van der Waals surface area (Å²) in [5.41, 5.74) is 4.90. The third-order valence-electron chi connectivity index (χ3n) is 3.23. The smallest absolute Gasteiger partial charge is 0.137 e. The average molecular weight is 247 g/mol. The molecule has 0 unspecified atom stereocenters. The lowest BCUT2D eigenvalue weighted by atomic mass is 10.1. The molecule has 2 heterocycles. The number of imidazole rings is 1. The zero-order chi connectivity index (χ0) is 13.2. The van der Waals surface area contributed by atoms with Crippen molar-refractivity contribution in [3.05, 3.63) is 59.9 Å². The van der Waals surface area contributed by atoms with E-state index in [2.05, 4.69) is 15.5 Å². The van der Waals surface area contributed by atoms with E-state index < -0.39 is 0 Å². The van der Waals surface area contributed by atoms with Gasteiger partial charge in [0.25, 0.3) is 0 Å². The molecule has 0 radical (unpaired) electrons. The first-order valence-corrected chi connectivity index (χ1v) is 6.20. The van der Waals surface area contributed by atoms with Crippen molar-refractivity contribution in [2.24, 2.45) is 0 Å². The van der Waals surface area contributed by atoms with Crippen molar-refractivity contribution in [1.29, 1.82) is 5.26 Å². The number of pyridine rings is 1. The first-order chi connectivity index (χ1) is 9.31. The van der Waals surface area contributed by atoms with Crippen molar-refractivity contribution in [2.45, 2.75) is 13.3 Å². The Balaban J connectivity index is 2.34. The van der Waals surface area contributed by atoms with E-state index in [1.165, 1.54) is 0 Å².